The zero-order valence-electron chi connectivity index (χ0n) is 10.0. The van der Waals surface area contributed by atoms with Gasteiger partial charge in [0.2, 0.25) is 0 Å². The maximum absolute atomic E-state index is 4.47. The lowest BCUT2D eigenvalue weighted by atomic mass is 10.2. The predicted molar refractivity (Wildman–Crippen MR) is 69.1 cm³/mol. The zero-order chi connectivity index (χ0) is 12.1. The van der Waals surface area contributed by atoms with Crippen LogP contribution >= 0.6 is 11.8 Å². The Balaban J connectivity index is 2.09. The molecule has 2 rings (SSSR count). The van der Waals surface area contributed by atoms with E-state index in [9.17, 15) is 0 Å². The van der Waals surface area contributed by atoms with Crippen molar-refractivity contribution in [2.75, 3.05) is 6.54 Å². The summed E-state index contributed by atoms with van der Waals surface area (Å²) in [5.41, 5.74) is 2.40. The number of aromatic amines is 1. The van der Waals surface area contributed by atoms with Crippen molar-refractivity contribution in [3.63, 3.8) is 0 Å². The molecule has 0 unspecified atom stereocenters. The first-order valence-electron chi connectivity index (χ1n) is 5.63. The Morgan fingerprint density at radius 3 is 2.94 bits per heavy atom. The Kier molecular flexibility index (Phi) is 4.17. The Hall–Kier alpha value is -1.33. The van der Waals surface area contributed by atoms with E-state index in [2.05, 4.69) is 40.2 Å². The first kappa shape index (κ1) is 12.1. The fraction of sp³-hybridized carbons (Fsp3) is 0.333. The van der Waals surface area contributed by atoms with E-state index in [1.165, 1.54) is 11.1 Å². The van der Waals surface area contributed by atoms with E-state index in [-0.39, 0.29) is 0 Å². The van der Waals surface area contributed by atoms with Crippen molar-refractivity contribution in [1.29, 1.82) is 0 Å². The molecule has 0 saturated carbocycles. The molecule has 0 aliphatic rings. The van der Waals surface area contributed by atoms with E-state index in [0.29, 0.717) is 0 Å². The first-order valence-corrected chi connectivity index (χ1v) is 6.44. The fourth-order valence-corrected chi connectivity index (χ4v) is 2.24. The highest BCUT2D eigenvalue weighted by Crippen LogP contribution is 2.25. The second-order valence-electron chi connectivity index (χ2n) is 3.74. The molecule has 0 aliphatic carbocycles. The summed E-state index contributed by atoms with van der Waals surface area (Å²) in [4.78, 5) is 11.7. The summed E-state index contributed by atoms with van der Waals surface area (Å²) >= 11 is 1.56. The molecule has 17 heavy (non-hydrogen) atoms. The molecule has 0 fully saturated rings. The van der Waals surface area contributed by atoms with Crippen molar-refractivity contribution < 1.29 is 0 Å². The van der Waals surface area contributed by atoms with Gasteiger partial charge < -0.3 is 10.3 Å². The van der Waals surface area contributed by atoms with E-state index >= 15 is 0 Å². The predicted octanol–water partition coefficient (Wildman–Crippen LogP) is 2.37. The topological polar surface area (TPSA) is 53.6 Å². The lowest BCUT2D eigenvalue weighted by molar-refractivity contribution is 0.721. The molecule has 0 atom stereocenters. The van der Waals surface area contributed by atoms with Crippen LogP contribution in [0.4, 0.5) is 0 Å². The summed E-state index contributed by atoms with van der Waals surface area (Å²) in [6, 6.07) is 2.17. The van der Waals surface area contributed by atoms with Gasteiger partial charge in [-0.1, -0.05) is 13.0 Å². The highest BCUT2D eigenvalue weighted by atomic mass is 32.2. The molecule has 2 N–H and O–H groups in total. The van der Waals surface area contributed by atoms with Crippen LogP contribution in [0.5, 0.6) is 0 Å². The van der Waals surface area contributed by atoms with Gasteiger partial charge in [0.25, 0.3) is 0 Å². The van der Waals surface area contributed by atoms with Gasteiger partial charge in [-0.25, -0.2) is 9.97 Å². The third-order valence-electron chi connectivity index (χ3n) is 2.33. The highest BCUT2D eigenvalue weighted by Gasteiger charge is 2.05. The average Bonchev–Trinajstić information content (AvgIpc) is 2.82. The molecule has 2 aromatic rings. The zero-order valence-corrected chi connectivity index (χ0v) is 10.8. The van der Waals surface area contributed by atoms with Gasteiger partial charge in [0.1, 0.15) is 5.03 Å². The molecule has 0 aromatic carbocycles. The van der Waals surface area contributed by atoms with Crippen LogP contribution in [0.1, 0.15) is 18.1 Å². The van der Waals surface area contributed by atoms with Crippen LogP contribution in [0.3, 0.4) is 0 Å². The molecular weight excluding hydrogens is 232 g/mol. The Morgan fingerprint density at radius 2 is 2.29 bits per heavy atom. The van der Waals surface area contributed by atoms with Crippen molar-refractivity contribution in [3.05, 3.63) is 35.8 Å². The van der Waals surface area contributed by atoms with E-state index in [0.717, 1.165) is 23.3 Å². The third kappa shape index (κ3) is 3.31. The minimum Gasteiger partial charge on any atom is -0.339 e. The highest BCUT2D eigenvalue weighted by molar-refractivity contribution is 7.99. The minimum atomic E-state index is 0.871. The average molecular weight is 248 g/mol. The van der Waals surface area contributed by atoms with E-state index in [4.69, 9.17) is 0 Å². The number of nitrogens with one attached hydrogen (secondary N) is 2. The number of aromatic nitrogens is 3. The lowest BCUT2D eigenvalue weighted by Gasteiger charge is -2.06. The molecule has 2 aromatic heterocycles. The van der Waals surface area contributed by atoms with Crippen molar-refractivity contribution >= 4 is 11.8 Å². The smallest absolute Gasteiger partial charge is 0.171 e. The number of rotatable bonds is 5. The van der Waals surface area contributed by atoms with E-state index in [1.54, 1.807) is 18.0 Å². The number of pyridine rings is 1. The number of imidazole rings is 1. The normalized spacial score (nSPS) is 10.7. The maximum atomic E-state index is 4.47. The molecule has 0 radical (unpaired) electrons. The van der Waals surface area contributed by atoms with Crippen molar-refractivity contribution in [2.45, 2.75) is 30.6 Å². The van der Waals surface area contributed by atoms with Crippen LogP contribution < -0.4 is 5.32 Å². The molecule has 0 amide bonds. The van der Waals surface area contributed by atoms with Crippen molar-refractivity contribution in [2.24, 2.45) is 0 Å². The van der Waals surface area contributed by atoms with Gasteiger partial charge in [-0.3, -0.25) is 0 Å². The summed E-state index contributed by atoms with van der Waals surface area (Å²) in [7, 11) is 0. The standard InChI is InChI=1S/C12H16N4S/c1-3-13-7-10-6-9(2)11(16-8-10)17-12-14-4-5-15-12/h4-6,8,13H,3,7H2,1-2H3,(H,14,15). The number of hydrogen-bond donors (Lipinski definition) is 2. The van der Waals surface area contributed by atoms with Gasteiger partial charge >= 0.3 is 0 Å². The molecule has 5 heteroatoms. The fourth-order valence-electron chi connectivity index (χ4n) is 1.49. The molecule has 4 nitrogen and oxygen atoms in total. The summed E-state index contributed by atoms with van der Waals surface area (Å²) in [6.45, 7) is 6.02. The second-order valence-corrected chi connectivity index (χ2v) is 4.72. The summed E-state index contributed by atoms with van der Waals surface area (Å²) < 4.78 is 0. The van der Waals surface area contributed by atoms with Crippen molar-refractivity contribution in [3.8, 4) is 0 Å². The number of nitrogens with zero attached hydrogens (tertiary/aromatic N) is 2. The number of H-pyrrole nitrogens is 1. The molecule has 90 valence electrons. The maximum Gasteiger partial charge on any atom is 0.171 e. The summed E-state index contributed by atoms with van der Waals surface area (Å²) in [6.07, 6.45) is 5.48. The first-order chi connectivity index (χ1) is 8.29. The Labute approximate surface area is 105 Å². The van der Waals surface area contributed by atoms with Gasteiger partial charge in [0, 0.05) is 25.1 Å². The second kappa shape index (κ2) is 5.84. The van der Waals surface area contributed by atoms with Crippen molar-refractivity contribution in [1.82, 2.24) is 20.3 Å². The monoisotopic (exact) mass is 248 g/mol. The lowest BCUT2D eigenvalue weighted by Crippen LogP contribution is -2.12. The summed E-state index contributed by atoms with van der Waals surface area (Å²) in [5.74, 6) is 0. The Morgan fingerprint density at radius 1 is 1.41 bits per heavy atom. The van der Waals surface area contributed by atoms with Crippen LogP contribution in [0.25, 0.3) is 0 Å². The van der Waals surface area contributed by atoms with E-state index < -0.39 is 0 Å². The van der Waals surface area contributed by atoms with Gasteiger partial charge in [0.05, 0.1) is 0 Å². The van der Waals surface area contributed by atoms with Gasteiger partial charge in [-0.05, 0) is 36.4 Å². The number of hydrogen-bond acceptors (Lipinski definition) is 4. The van der Waals surface area contributed by atoms with Gasteiger partial charge in [-0.15, -0.1) is 0 Å². The minimum absolute atomic E-state index is 0.871. The quantitative estimate of drug-likeness (QED) is 0.853. The van der Waals surface area contributed by atoms with Crippen LogP contribution in [0, 0.1) is 6.92 Å². The largest absolute Gasteiger partial charge is 0.339 e. The van der Waals surface area contributed by atoms with Crippen LogP contribution in [0.15, 0.2) is 34.8 Å². The van der Waals surface area contributed by atoms with Crippen LogP contribution in [-0.4, -0.2) is 21.5 Å². The van der Waals surface area contributed by atoms with Gasteiger partial charge in [-0.2, -0.15) is 0 Å². The molecule has 2 heterocycles. The molecule has 0 aliphatic heterocycles. The third-order valence-corrected chi connectivity index (χ3v) is 3.37. The Bertz CT molecular complexity index is 467. The summed E-state index contributed by atoms with van der Waals surface area (Å²) in [5, 5.41) is 5.17. The number of aryl methyl sites for hydroxylation is 1. The molecule has 0 saturated heterocycles. The molecule has 0 spiro atoms. The SMILES string of the molecule is CCNCc1cnc(Sc2ncc[nH]2)c(C)c1. The van der Waals surface area contributed by atoms with Crippen LogP contribution in [-0.2, 0) is 6.54 Å². The molecular formula is C12H16N4S. The van der Waals surface area contributed by atoms with E-state index in [1.807, 2.05) is 12.4 Å². The van der Waals surface area contributed by atoms with Gasteiger partial charge in [0.15, 0.2) is 5.16 Å². The molecule has 0 bridgehead atoms. The van der Waals surface area contributed by atoms with Crippen LogP contribution in [0.2, 0.25) is 0 Å².